The standard InChI is InChI=1S/C10H11ClN4O/c1-7-13-9(11)3-10(16)15(7)6-8-4-12-14(2)5-8/h3-5H,6H2,1-2H3. The summed E-state index contributed by atoms with van der Waals surface area (Å²) in [6, 6.07) is 1.31. The lowest BCUT2D eigenvalue weighted by atomic mass is 10.3. The lowest BCUT2D eigenvalue weighted by molar-refractivity contribution is 0.698. The molecule has 0 aliphatic heterocycles. The molecule has 0 atom stereocenters. The summed E-state index contributed by atoms with van der Waals surface area (Å²) in [6.07, 6.45) is 3.58. The molecule has 0 aromatic carbocycles. The first-order valence-corrected chi connectivity index (χ1v) is 5.15. The molecule has 0 saturated carbocycles. The van der Waals surface area contributed by atoms with Crippen molar-refractivity contribution >= 4 is 11.6 Å². The van der Waals surface area contributed by atoms with Crippen LogP contribution in [0.1, 0.15) is 11.4 Å². The molecule has 2 aromatic rings. The summed E-state index contributed by atoms with van der Waals surface area (Å²) in [4.78, 5) is 15.7. The Hall–Kier alpha value is -1.62. The molecule has 0 unspecified atom stereocenters. The normalized spacial score (nSPS) is 10.7. The first kappa shape index (κ1) is 10.9. The van der Waals surface area contributed by atoms with Gasteiger partial charge in [0, 0.05) is 24.9 Å². The highest BCUT2D eigenvalue weighted by molar-refractivity contribution is 6.29. The molecule has 0 saturated heterocycles. The van der Waals surface area contributed by atoms with Crippen molar-refractivity contribution in [3.63, 3.8) is 0 Å². The Morgan fingerprint density at radius 2 is 2.25 bits per heavy atom. The summed E-state index contributed by atoms with van der Waals surface area (Å²) in [5.41, 5.74) is 0.804. The minimum atomic E-state index is -0.152. The number of hydrogen-bond acceptors (Lipinski definition) is 3. The fraction of sp³-hybridized carbons (Fsp3) is 0.300. The van der Waals surface area contributed by atoms with Crippen LogP contribution < -0.4 is 5.56 Å². The Bertz CT molecular complexity index is 572. The van der Waals surface area contributed by atoms with E-state index >= 15 is 0 Å². The van der Waals surface area contributed by atoms with Crippen LogP contribution in [0, 0.1) is 6.92 Å². The van der Waals surface area contributed by atoms with Crippen LogP contribution in [0.15, 0.2) is 23.3 Å². The number of aromatic nitrogens is 4. The monoisotopic (exact) mass is 238 g/mol. The van der Waals surface area contributed by atoms with Gasteiger partial charge in [0.1, 0.15) is 11.0 Å². The van der Waals surface area contributed by atoms with Crippen molar-refractivity contribution in [3.8, 4) is 0 Å². The summed E-state index contributed by atoms with van der Waals surface area (Å²) in [5, 5.41) is 4.27. The molecular weight excluding hydrogens is 228 g/mol. The molecule has 0 radical (unpaired) electrons. The molecular formula is C10H11ClN4O. The van der Waals surface area contributed by atoms with E-state index in [9.17, 15) is 4.79 Å². The van der Waals surface area contributed by atoms with Gasteiger partial charge in [0.2, 0.25) is 0 Å². The van der Waals surface area contributed by atoms with Gasteiger partial charge in [0.15, 0.2) is 0 Å². The first-order valence-electron chi connectivity index (χ1n) is 4.78. The number of rotatable bonds is 2. The van der Waals surface area contributed by atoms with Crippen LogP contribution in [0.4, 0.5) is 0 Å². The highest BCUT2D eigenvalue weighted by atomic mass is 35.5. The summed E-state index contributed by atoms with van der Waals surface area (Å²) in [5.74, 6) is 0.598. The van der Waals surface area contributed by atoms with E-state index in [4.69, 9.17) is 11.6 Å². The third-order valence-corrected chi connectivity index (χ3v) is 2.46. The fourth-order valence-corrected chi connectivity index (χ4v) is 1.73. The molecule has 84 valence electrons. The number of aryl methyl sites for hydroxylation is 2. The van der Waals surface area contributed by atoms with E-state index in [0.717, 1.165) is 5.56 Å². The predicted octanol–water partition coefficient (Wildman–Crippen LogP) is 0.987. The van der Waals surface area contributed by atoms with Gasteiger partial charge in [0.05, 0.1) is 12.7 Å². The van der Waals surface area contributed by atoms with E-state index in [0.29, 0.717) is 12.4 Å². The quantitative estimate of drug-likeness (QED) is 0.733. The smallest absolute Gasteiger partial charge is 0.255 e. The molecule has 0 spiro atoms. The maximum Gasteiger partial charge on any atom is 0.255 e. The van der Waals surface area contributed by atoms with Gasteiger partial charge in [0.25, 0.3) is 5.56 Å². The van der Waals surface area contributed by atoms with Gasteiger partial charge in [-0.1, -0.05) is 11.6 Å². The molecule has 0 amide bonds. The minimum Gasteiger partial charge on any atom is -0.292 e. The SMILES string of the molecule is Cc1nc(Cl)cc(=O)n1Cc1cnn(C)c1. The van der Waals surface area contributed by atoms with E-state index < -0.39 is 0 Å². The lowest BCUT2D eigenvalue weighted by Gasteiger charge is -2.06. The molecule has 6 heteroatoms. The topological polar surface area (TPSA) is 52.7 Å². The second kappa shape index (κ2) is 4.09. The highest BCUT2D eigenvalue weighted by Crippen LogP contribution is 2.04. The van der Waals surface area contributed by atoms with Crippen LogP contribution in [0.3, 0.4) is 0 Å². The summed E-state index contributed by atoms with van der Waals surface area (Å²) >= 11 is 5.69. The van der Waals surface area contributed by atoms with Crippen molar-refractivity contribution in [1.29, 1.82) is 0 Å². The Kier molecular flexibility index (Phi) is 2.78. The van der Waals surface area contributed by atoms with Gasteiger partial charge in [-0.05, 0) is 6.92 Å². The van der Waals surface area contributed by atoms with Crippen molar-refractivity contribution < 1.29 is 0 Å². The Labute approximate surface area is 97.3 Å². The molecule has 2 rings (SSSR count). The van der Waals surface area contributed by atoms with E-state index in [1.54, 1.807) is 22.4 Å². The van der Waals surface area contributed by atoms with Crippen molar-refractivity contribution in [1.82, 2.24) is 19.3 Å². The Balaban J connectivity index is 2.38. The Morgan fingerprint density at radius 3 is 2.81 bits per heavy atom. The highest BCUT2D eigenvalue weighted by Gasteiger charge is 2.05. The maximum atomic E-state index is 11.7. The van der Waals surface area contributed by atoms with Gasteiger partial charge in [-0.15, -0.1) is 0 Å². The van der Waals surface area contributed by atoms with Gasteiger partial charge in [-0.25, -0.2) is 4.98 Å². The third-order valence-electron chi connectivity index (χ3n) is 2.27. The zero-order valence-electron chi connectivity index (χ0n) is 9.01. The van der Waals surface area contributed by atoms with E-state index in [-0.39, 0.29) is 10.7 Å². The average molecular weight is 239 g/mol. The predicted molar refractivity (Wildman–Crippen MR) is 60.6 cm³/mol. The molecule has 0 fully saturated rings. The average Bonchev–Trinajstić information content (AvgIpc) is 2.58. The molecule has 5 nitrogen and oxygen atoms in total. The molecule has 2 heterocycles. The molecule has 0 aliphatic carbocycles. The van der Waals surface area contributed by atoms with E-state index in [1.165, 1.54) is 6.07 Å². The van der Waals surface area contributed by atoms with Crippen molar-refractivity contribution in [2.75, 3.05) is 0 Å². The summed E-state index contributed by atoms with van der Waals surface area (Å²) < 4.78 is 3.25. The Morgan fingerprint density at radius 1 is 1.50 bits per heavy atom. The second-order valence-electron chi connectivity index (χ2n) is 3.57. The van der Waals surface area contributed by atoms with Crippen LogP contribution in [-0.2, 0) is 13.6 Å². The number of hydrogen-bond donors (Lipinski definition) is 0. The van der Waals surface area contributed by atoms with E-state index in [1.807, 2.05) is 13.2 Å². The second-order valence-corrected chi connectivity index (χ2v) is 3.96. The van der Waals surface area contributed by atoms with Crippen molar-refractivity contribution in [2.24, 2.45) is 7.05 Å². The van der Waals surface area contributed by atoms with Gasteiger partial charge in [-0.3, -0.25) is 14.0 Å². The molecule has 0 aliphatic rings. The minimum absolute atomic E-state index is 0.152. The van der Waals surface area contributed by atoms with Gasteiger partial charge in [-0.2, -0.15) is 5.10 Å². The van der Waals surface area contributed by atoms with Crippen LogP contribution in [-0.4, -0.2) is 19.3 Å². The summed E-state index contributed by atoms with van der Waals surface area (Å²) in [6.45, 7) is 2.21. The van der Waals surface area contributed by atoms with Crippen LogP contribution in [0.25, 0.3) is 0 Å². The maximum absolute atomic E-state index is 11.7. The van der Waals surface area contributed by atoms with Crippen molar-refractivity contribution in [2.45, 2.75) is 13.5 Å². The zero-order valence-corrected chi connectivity index (χ0v) is 9.77. The number of nitrogens with zero attached hydrogens (tertiary/aromatic N) is 4. The zero-order chi connectivity index (χ0) is 11.7. The fourth-order valence-electron chi connectivity index (χ4n) is 1.51. The lowest BCUT2D eigenvalue weighted by Crippen LogP contribution is -2.23. The molecule has 0 bridgehead atoms. The van der Waals surface area contributed by atoms with Gasteiger partial charge >= 0.3 is 0 Å². The molecule has 2 aromatic heterocycles. The summed E-state index contributed by atoms with van der Waals surface area (Å²) in [7, 11) is 1.83. The first-order chi connectivity index (χ1) is 7.56. The van der Waals surface area contributed by atoms with E-state index in [2.05, 4.69) is 10.1 Å². The van der Waals surface area contributed by atoms with Crippen LogP contribution in [0.2, 0.25) is 5.15 Å². The van der Waals surface area contributed by atoms with Crippen molar-refractivity contribution in [3.05, 3.63) is 45.4 Å². The largest absolute Gasteiger partial charge is 0.292 e. The van der Waals surface area contributed by atoms with Crippen LogP contribution in [0.5, 0.6) is 0 Å². The number of halogens is 1. The van der Waals surface area contributed by atoms with Gasteiger partial charge < -0.3 is 0 Å². The molecule has 16 heavy (non-hydrogen) atoms. The van der Waals surface area contributed by atoms with Crippen LogP contribution >= 0.6 is 11.6 Å². The third kappa shape index (κ3) is 2.14. The molecule has 0 N–H and O–H groups in total.